The number of esters is 1. The van der Waals surface area contributed by atoms with Gasteiger partial charge in [0, 0.05) is 5.56 Å². The Balaban J connectivity index is 1.63. The summed E-state index contributed by atoms with van der Waals surface area (Å²) in [6.07, 6.45) is 17.3. The normalized spacial score (nSPS) is 11.0. The lowest BCUT2D eigenvalue weighted by Crippen LogP contribution is -2.06. The zero-order valence-corrected chi connectivity index (χ0v) is 21.5. The molecule has 33 heavy (non-hydrogen) atoms. The lowest BCUT2D eigenvalue weighted by atomic mass is 10.1. The first-order valence-corrected chi connectivity index (χ1v) is 13.8. The first-order chi connectivity index (χ1) is 16.2. The Morgan fingerprint density at radius 3 is 1.88 bits per heavy atom. The number of carbonyl (C=O) groups is 1. The van der Waals surface area contributed by atoms with E-state index in [0.717, 1.165) is 42.2 Å². The number of nitrogens with zero attached hydrogens (tertiary/aromatic N) is 2. The van der Waals surface area contributed by atoms with Gasteiger partial charge in [-0.15, -0.1) is 10.2 Å². The molecule has 0 aliphatic heterocycles. The minimum atomic E-state index is -0.374. The molecule has 0 fully saturated rings. The molecule has 1 aromatic heterocycles. The highest BCUT2D eigenvalue weighted by atomic mass is 32.1. The summed E-state index contributed by atoms with van der Waals surface area (Å²) in [6.45, 7) is 5.67. The highest BCUT2D eigenvalue weighted by Gasteiger charge is 2.15. The van der Waals surface area contributed by atoms with Gasteiger partial charge in [0.15, 0.2) is 0 Å². The topological polar surface area (TPSA) is 61.3 Å². The smallest absolute Gasteiger partial charge is 0.369 e. The lowest BCUT2D eigenvalue weighted by Gasteiger charge is -2.06. The van der Waals surface area contributed by atoms with Crippen molar-refractivity contribution >= 4 is 17.3 Å². The summed E-state index contributed by atoms with van der Waals surface area (Å²) in [5, 5.41) is 9.23. The Morgan fingerprint density at radius 2 is 1.27 bits per heavy atom. The van der Waals surface area contributed by atoms with Crippen LogP contribution in [0.3, 0.4) is 0 Å². The molecule has 0 aliphatic carbocycles. The largest absolute Gasteiger partial charge is 0.494 e. The van der Waals surface area contributed by atoms with Crippen molar-refractivity contribution in [3.05, 3.63) is 29.3 Å². The van der Waals surface area contributed by atoms with E-state index in [9.17, 15) is 4.79 Å². The zero-order valence-electron chi connectivity index (χ0n) is 20.7. The van der Waals surface area contributed by atoms with Crippen LogP contribution in [-0.2, 0) is 4.74 Å². The second-order valence-corrected chi connectivity index (χ2v) is 9.64. The summed E-state index contributed by atoms with van der Waals surface area (Å²) in [4.78, 5) is 12.2. The van der Waals surface area contributed by atoms with Crippen LogP contribution in [0.5, 0.6) is 5.75 Å². The van der Waals surface area contributed by atoms with Crippen molar-refractivity contribution in [2.24, 2.45) is 0 Å². The zero-order chi connectivity index (χ0) is 23.6. The maximum Gasteiger partial charge on any atom is 0.369 e. The first-order valence-electron chi connectivity index (χ1n) is 13.0. The second kappa shape index (κ2) is 17.5. The summed E-state index contributed by atoms with van der Waals surface area (Å²) in [7, 11) is 0. The van der Waals surface area contributed by atoms with Gasteiger partial charge in [-0.2, -0.15) is 0 Å². The third-order valence-electron chi connectivity index (χ3n) is 5.70. The highest BCUT2D eigenvalue weighted by molar-refractivity contribution is 7.16. The van der Waals surface area contributed by atoms with E-state index in [2.05, 4.69) is 24.0 Å². The van der Waals surface area contributed by atoms with Crippen molar-refractivity contribution in [3.8, 4) is 16.3 Å². The Hall–Kier alpha value is -1.95. The van der Waals surface area contributed by atoms with Crippen molar-refractivity contribution < 1.29 is 14.3 Å². The van der Waals surface area contributed by atoms with Gasteiger partial charge in [-0.25, -0.2) is 4.79 Å². The van der Waals surface area contributed by atoms with Crippen molar-refractivity contribution in [1.29, 1.82) is 0 Å². The molecule has 0 spiro atoms. The van der Waals surface area contributed by atoms with Crippen molar-refractivity contribution in [2.75, 3.05) is 13.2 Å². The van der Waals surface area contributed by atoms with Gasteiger partial charge in [0.25, 0.3) is 0 Å². The second-order valence-electron chi connectivity index (χ2n) is 8.66. The molecule has 2 rings (SSSR count). The minimum Gasteiger partial charge on any atom is -0.494 e. The first kappa shape index (κ1) is 27.3. The molecule has 0 radical (unpaired) electrons. The maximum atomic E-state index is 12.2. The molecule has 0 bridgehead atoms. The fourth-order valence-corrected chi connectivity index (χ4v) is 4.39. The number of hydrogen-bond acceptors (Lipinski definition) is 6. The van der Waals surface area contributed by atoms with Crippen LogP contribution in [0, 0.1) is 0 Å². The monoisotopic (exact) mass is 474 g/mol. The number of carbonyl (C=O) groups excluding carboxylic acids is 1. The van der Waals surface area contributed by atoms with Gasteiger partial charge in [0.1, 0.15) is 10.8 Å². The Morgan fingerprint density at radius 1 is 0.727 bits per heavy atom. The maximum absolute atomic E-state index is 12.2. The Kier molecular flexibility index (Phi) is 14.5. The third-order valence-corrected chi connectivity index (χ3v) is 6.65. The van der Waals surface area contributed by atoms with Gasteiger partial charge < -0.3 is 9.47 Å². The van der Waals surface area contributed by atoms with E-state index in [0.29, 0.717) is 11.6 Å². The molecule has 1 aromatic carbocycles. The lowest BCUT2D eigenvalue weighted by molar-refractivity contribution is 0.0496. The van der Waals surface area contributed by atoms with Crippen molar-refractivity contribution in [3.63, 3.8) is 0 Å². The number of ether oxygens (including phenoxy) is 2. The van der Waals surface area contributed by atoms with Crippen LogP contribution in [-0.4, -0.2) is 29.4 Å². The molecule has 2 aromatic rings. The van der Waals surface area contributed by atoms with Crippen LogP contribution in [0.2, 0.25) is 0 Å². The molecule has 0 N–H and O–H groups in total. The van der Waals surface area contributed by atoms with Gasteiger partial charge >= 0.3 is 5.97 Å². The van der Waals surface area contributed by atoms with Crippen molar-refractivity contribution in [1.82, 2.24) is 10.2 Å². The quantitative estimate of drug-likeness (QED) is 0.151. The number of rotatable bonds is 19. The van der Waals surface area contributed by atoms with Crippen molar-refractivity contribution in [2.45, 2.75) is 104 Å². The summed E-state index contributed by atoms with van der Waals surface area (Å²) in [6, 6.07) is 7.83. The van der Waals surface area contributed by atoms with Crippen LogP contribution in [0.1, 0.15) is 114 Å². The van der Waals surface area contributed by atoms with E-state index in [1.807, 2.05) is 24.3 Å². The number of aromatic nitrogens is 2. The predicted molar refractivity (Wildman–Crippen MR) is 137 cm³/mol. The SMILES string of the molecule is CCCCCCCCCCOC(=O)c1nnc(-c2ccc(OCCCCCCCC)cc2)s1. The summed E-state index contributed by atoms with van der Waals surface area (Å²) >= 11 is 1.27. The predicted octanol–water partition coefficient (Wildman–Crippen LogP) is 8.24. The van der Waals surface area contributed by atoms with E-state index in [4.69, 9.17) is 9.47 Å². The summed E-state index contributed by atoms with van der Waals surface area (Å²) in [5.41, 5.74) is 0.932. The molecule has 184 valence electrons. The minimum absolute atomic E-state index is 0.313. The van der Waals surface area contributed by atoms with E-state index >= 15 is 0 Å². The molecule has 0 amide bonds. The molecule has 0 aliphatic rings. The van der Waals surface area contributed by atoms with Gasteiger partial charge in [0.05, 0.1) is 13.2 Å². The van der Waals surface area contributed by atoms with E-state index in [-0.39, 0.29) is 5.97 Å². The Labute approximate surface area is 204 Å². The third kappa shape index (κ3) is 11.6. The highest BCUT2D eigenvalue weighted by Crippen LogP contribution is 2.26. The molecular formula is C27H42N2O3S. The molecule has 0 saturated carbocycles. The molecule has 0 atom stereocenters. The van der Waals surface area contributed by atoms with Gasteiger partial charge in [-0.3, -0.25) is 0 Å². The standard InChI is InChI=1S/C27H42N2O3S/c1-3-5-7-9-11-12-14-16-22-32-27(30)26-29-28-25(33-26)23-17-19-24(20-18-23)31-21-15-13-10-8-6-4-2/h17-20H,3-16,21-22H2,1-2H3. The molecule has 0 unspecified atom stereocenters. The molecule has 1 heterocycles. The average molecular weight is 475 g/mol. The van der Waals surface area contributed by atoms with Crippen LogP contribution in [0.4, 0.5) is 0 Å². The molecule has 0 saturated heterocycles. The number of hydrogen-bond donors (Lipinski definition) is 0. The molecule has 5 nitrogen and oxygen atoms in total. The van der Waals surface area contributed by atoms with Gasteiger partial charge in [-0.05, 0) is 37.1 Å². The average Bonchev–Trinajstić information content (AvgIpc) is 3.33. The Bertz CT molecular complexity index is 761. The van der Waals surface area contributed by atoms with E-state index < -0.39 is 0 Å². The van der Waals surface area contributed by atoms with Crippen LogP contribution in [0.25, 0.3) is 10.6 Å². The number of benzene rings is 1. The molecular weight excluding hydrogens is 432 g/mol. The summed E-state index contributed by atoms with van der Waals surface area (Å²) in [5.74, 6) is 0.488. The van der Waals surface area contributed by atoms with Gasteiger partial charge in [0.2, 0.25) is 5.01 Å². The van der Waals surface area contributed by atoms with Crippen LogP contribution in [0.15, 0.2) is 24.3 Å². The molecule has 6 heteroatoms. The van der Waals surface area contributed by atoms with E-state index in [1.165, 1.54) is 82.0 Å². The fraction of sp³-hybridized carbons (Fsp3) is 0.667. The summed E-state index contributed by atoms with van der Waals surface area (Å²) < 4.78 is 11.2. The van der Waals surface area contributed by atoms with Crippen LogP contribution >= 0.6 is 11.3 Å². The fourth-order valence-electron chi connectivity index (χ4n) is 3.65. The van der Waals surface area contributed by atoms with E-state index in [1.54, 1.807) is 0 Å². The van der Waals surface area contributed by atoms with Gasteiger partial charge in [-0.1, -0.05) is 102 Å². The number of unbranched alkanes of at least 4 members (excludes halogenated alkanes) is 12. The van der Waals surface area contributed by atoms with Crippen LogP contribution < -0.4 is 4.74 Å².